The molecule has 2 aromatic heterocycles. The summed E-state index contributed by atoms with van der Waals surface area (Å²) in [6.45, 7) is 2.01. The van der Waals surface area contributed by atoms with Gasteiger partial charge in [-0.05, 0) is 25.0 Å². The first-order valence-electron chi connectivity index (χ1n) is 5.65. The third-order valence-corrected chi connectivity index (χ3v) is 2.81. The predicted octanol–water partition coefficient (Wildman–Crippen LogP) is 2.57. The van der Waals surface area contributed by atoms with Gasteiger partial charge in [0.05, 0.1) is 0 Å². The van der Waals surface area contributed by atoms with Crippen LogP contribution in [-0.4, -0.2) is 15.1 Å². The lowest BCUT2D eigenvalue weighted by Crippen LogP contribution is -1.87. The van der Waals surface area contributed by atoms with Gasteiger partial charge in [-0.3, -0.25) is 4.98 Å². The van der Waals surface area contributed by atoms with E-state index in [2.05, 4.69) is 21.2 Å². The summed E-state index contributed by atoms with van der Waals surface area (Å²) in [6.07, 6.45) is 5.11. The number of rotatable bonds is 3. The second-order valence-electron chi connectivity index (χ2n) is 4.11. The second kappa shape index (κ2) is 3.70. The van der Waals surface area contributed by atoms with Gasteiger partial charge in [0.2, 0.25) is 0 Å². The molecule has 3 rings (SSSR count). The van der Waals surface area contributed by atoms with Crippen molar-refractivity contribution in [1.82, 2.24) is 15.1 Å². The smallest absolute Gasteiger partial charge is 0.258 e. The lowest BCUT2D eigenvalue weighted by Gasteiger charge is -1.98. The normalized spacial score (nSPS) is 15.3. The van der Waals surface area contributed by atoms with E-state index in [1.165, 1.54) is 12.8 Å². The van der Waals surface area contributed by atoms with Gasteiger partial charge in [0.1, 0.15) is 0 Å². The fraction of sp³-hybridized carbons (Fsp3) is 0.417. The Morgan fingerprint density at radius 3 is 3.00 bits per heavy atom. The van der Waals surface area contributed by atoms with Crippen LogP contribution in [0.25, 0.3) is 11.5 Å². The van der Waals surface area contributed by atoms with Crippen LogP contribution in [0.1, 0.15) is 37.2 Å². The molecule has 16 heavy (non-hydrogen) atoms. The van der Waals surface area contributed by atoms with Gasteiger partial charge < -0.3 is 4.52 Å². The molecule has 0 amide bonds. The number of pyridine rings is 1. The fourth-order valence-corrected chi connectivity index (χ4v) is 1.70. The lowest BCUT2D eigenvalue weighted by molar-refractivity contribution is 0.423. The maximum atomic E-state index is 5.21. The summed E-state index contributed by atoms with van der Waals surface area (Å²) in [6, 6.07) is 3.98. The lowest BCUT2D eigenvalue weighted by atomic mass is 10.2. The quantitative estimate of drug-likeness (QED) is 0.789. The maximum absolute atomic E-state index is 5.21. The largest absolute Gasteiger partial charge is 0.334 e. The minimum Gasteiger partial charge on any atom is -0.334 e. The van der Waals surface area contributed by atoms with Crippen LogP contribution < -0.4 is 0 Å². The standard InChI is InChI=1S/C12H13N3O/c1-2-11-14-12(16-15-11)9-5-6-13-10(7-9)8-3-4-8/h5-8H,2-4H2,1H3. The SMILES string of the molecule is CCc1noc(-c2ccnc(C3CC3)c2)n1. The molecule has 0 N–H and O–H groups in total. The monoisotopic (exact) mass is 215 g/mol. The van der Waals surface area contributed by atoms with Crippen LogP contribution in [0, 0.1) is 0 Å². The molecular formula is C12H13N3O. The van der Waals surface area contributed by atoms with E-state index in [0.717, 1.165) is 23.5 Å². The molecule has 2 aromatic rings. The zero-order valence-electron chi connectivity index (χ0n) is 9.18. The zero-order chi connectivity index (χ0) is 11.0. The summed E-state index contributed by atoms with van der Waals surface area (Å²) in [5.41, 5.74) is 2.12. The Kier molecular flexibility index (Phi) is 2.20. The van der Waals surface area contributed by atoms with Crippen LogP contribution >= 0.6 is 0 Å². The van der Waals surface area contributed by atoms with Crippen molar-refractivity contribution in [2.24, 2.45) is 0 Å². The van der Waals surface area contributed by atoms with Crippen LogP contribution in [0.2, 0.25) is 0 Å². The molecule has 0 aromatic carbocycles. The number of nitrogens with zero attached hydrogens (tertiary/aromatic N) is 3. The van der Waals surface area contributed by atoms with Crippen LogP contribution in [0.3, 0.4) is 0 Å². The van der Waals surface area contributed by atoms with Crippen molar-refractivity contribution >= 4 is 0 Å². The van der Waals surface area contributed by atoms with Crippen molar-refractivity contribution < 1.29 is 4.52 Å². The van der Waals surface area contributed by atoms with E-state index in [-0.39, 0.29) is 0 Å². The first-order chi connectivity index (χ1) is 7.86. The van der Waals surface area contributed by atoms with E-state index in [1.807, 2.05) is 19.2 Å². The van der Waals surface area contributed by atoms with Gasteiger partial charge in [0.25, 0.3) is 5.89 Å². The Morgan fingerprint density at radius 1 is 1.44 bits per heavy atom. The Balaban J connectivity index is 1.95. The molecular weight excluding hydrogens is 202 g/mol. The molecule has 0 atom stereocenters. The molecule has 0 unspecified atom stereocenters. The van der Waals surface area contributed by atoms with E-state index in [9.17, 15) is 0 Å². The molecule has 1 saturated carbocycles. The van der Waals surface area contributed by atoms with E-state index >= 15 is 0 Å². The molecule has 1 aliphatic carbocycles. The van der Waals surface area contributed by atoms with Crippen LogP contribution in [0.4, 0.5) is 0 Å². The highest BCUT2D eigenvalue weighted by atomic mass is 16.5. The van der Waals surface area contributed by atoms with Crippen LogP contribution in [0.15, 0.2) is 22.9 Å². The molecule has 82 valence electrons. The van der Waals surface area contributed by atoms with E-state index in [0.29, 0.717) is 11.8 Å². The Labute approximate surface area is 93.7 Å². The highest BCUT2D eigenvalue weighted by Crippen LogP contribution is 2.39. The number of hydrogen-bond acceptors (Lipinski definition) is 4. The van der Waals surface area contributed by atoms with Gasteiger partial charge in [-0.25, -0.2) is 0 Å². The average Bonchev–Trinajstić information content (AvgIpc) is 3.07. The second-order valence-corrected chi connectivity index (χ2v) is 4.11. The Hall–Kier alpha value is -1.71. The minimum atomic E-state index is 0.598. The highest BCUT2D eigenvalue weighted by molar-refractivity contribution is 5.53. The number of aryl methyl sites for hydroxylation is 1. The van der Waals surface area contributed by atoms with Crippen molar-refractivity contribution in [3.8, 4) is 11.5 Å². The molecule has 0 saturated heterocycles. The van der Waals surface area contributed by atoms with E-state index in [4.69, 9.17) is 4.52 Å². The van der Waals surface area contributed by atoms with Crippen molar-refractivity contribution in [2.75, 3.05) is 0 Å². The summed E-state index contributed by atoms with van der Waals surface area (Å²) in [7, 11) is 0. The van der Waals surface area contributed by atoms with Gasteiger partial charge in [-0.2, -0.15) is 4.98 Å². The summed E-state index contributed by atoms with van der Waals surface area (Å²) in [5.74, 6) is 1.99. The molecule has 0 bridgehead atoms. The molecule has 4 nitrogen and oxygen atoms in total. The van der Waals surface area contributed by atoms with Crippen molar-refractivity contribution in [1.29, 1.82) is 0 Å². The van der Waals surface area contributed by atoms with Crippen molar-refractivity contribution in [3.63, 3.8) is 0 Å². The van der Waals surface area contributed by atoms with Gasteiger partial charge in [-0.15, -0.1) is 0 Å². The molecule has 0 aliphatic heterocycles. The zero-order valence-corrected chi connectivity index (χ0v) is 9.18. The van der Waals surface area contributed by atoms with Crippen molar-refractivity contribution in [2.45, 2.75) is 32.1 Å². The molecule has 1 fully saturated rings. The molecule has 0 radical (unpaired) electrons. The molecule has 0 spiro atoms. The van der Waals surface area contributed by atoms with Gasteiger partial charge >= 0.3 is 0 Å². The summed E-state index contributed by atoms with van der Waals surface area (Å²) in [5, 5.41) is 3.89. The van der Waals surface area contributed by atoms with Gasteiger partial charge in [0.15, 0.2) is 5.82 Å². The Bertz CT molecular complexity index is 502. The topological polar surface area (TPSA) is 51.8 Å². The van der Waals surface area contributed by atoms with Crippen LogP contribution in [0.5, 0.6) is 0 Å². The first kappa shape index (κ1) is 9.51. The van der Waals surface area contributed by atoms with Gasteiger partial charge in [0, 0.05) is 29.8 Å². The molecule has 1 aliphatic rings. The first-order valence-corrected chi connectivity index (χ1v) is 5.65. The third-order valence-electron chi connectivity index (χ3n) is 2.81. The Morgan fingerprint density at radius 2 is 2.31 bits per heavy atom. The predicted molar refractivity (Wildman–Crippen MR) is 58.9 cm³/mol. The van der Waals surface area contributed by atoms with Gasteiger partial charge in [-0.1, -0.05) is 12.1 Å². The number of aromatic nitrogens is 3. The summed E-state index contributed by atoms with van der Waals surface area (Å²) in [4.78, 5) is 8.68. The van der Waals surface area contributed by atoms with Crippen LogP contribution in [-0.2, 0) is 6.42 Å². The highest BCUT2D eigenvalue weighted by Gasteiger charge is 2.25. The summed E-state index contributed by atoms with van der Waals surface area (Å²) < 4.78 is 5.21. The summed E-state index contributed by atoms with van der Waals surface area (Å²) >= 11 is 0. The maximum Gasteiger partial charge on any atom is 0.258 e. The molecule has 4 heteroatoms. The average molecular weight is 215 g/mol. The number of hydrogen-bond donors (Lipinski definition) is 0. The minimum absolute atomic E-state index is 0.598. The van der Waals surface area contributed by atoms with E-state index < -0.39 is 0 Å². The van der Waals surface area contributed by atoms with E-state index in [1.54, 1.807) is 0 Å². The van der Waals surface area contributed by atoms with Crippen molar-refractivity contribution in [3.05, 3.63) is 29.8 Å². The fourth-order valence-electron chi connectivity index (χ4n) is 1.70. The third kappa shape index (κ3) is 1.71. The molecule has 2 heterocycles.